The quantitative estimate of drug-likeness (QED) is 0.518. The van der Waals surface area contributed by atoms with Crippen LogP contribution in [0.15, 0.2) is 59.7 Å². The maximum Gasteiger partial charge on any atom is 0.370 e. The smallest absolute Gasteiger partial charge is 0.370 e. The Morgan fingerprint density at radius 2 is 1.81 bits per heavy atom. The highest BCUT2D eigenvalue weighted by atomic mass is 35.5. The Morgan fingerprint density at radius 3 is 2.52 bits per heavy atom. The highest BCUT2D eigenvalue weighted by Gasteiger charge is 2.10. The van der Waals surface area contributed by atoms with Crippen LogP contribution in [-0.2, 0) is 9.53 Å². The summed E-state index contributed by atoms with van der Waals surface area (Å²) in [4.78, 5) is 11.4. The molecule has 2 aromatic carbocycles. The van der Waals surface area contributed by atoms with Gasteiger partial charge in [-0.15, -0.1) is 0 Å². The van der Waals surface area contributed by atoms with E-state index in [4.69, 9.17) is 16.3 Å². The molecule has 0 aliphatic carbocycles. The Morgan fingerprint density at radius 1 is 1.14 bits per heavy atom. The van der Waals surface area contributed by atoms with Crippen molar-refractivity contribution in [1.82, 2.24) is 0 Å². The second-order valence-electron chi connectivity index (χ2n) is 4.15. The molecule has 4 nitrogen and oxygen atoms in total. The van der Waals surface area contributed by atoms with E-state index in [9.17, 15) is 4.79 Å². The van der Waals surface area contributed by atoms with Crippen LogP contribution in [0.2, 0.25) is 0 Å². The van der Waals surface area contributed by atoms with Gasteiger partial charge in [0, 0.05) is 5.56 Å². The molecule has 0 heterocycles. The molecule has 0 aliphatic rings. The van der Waals surface area contributed by atoms with Gasteiger partial charge in [0.2, 0.25) is 5.17 Å². The Labute approximate surface area is 128 Å². The summed E-state index contributed by atoms with van der Waals surface area (Å²) in [6, 6.07) is 17.5. The molecule has 2 aromatic rings. The summed E-state index contributed by atoms with van der Waals surface area (Å²) in [5.74, 6) is -0.649. The number of hydrogen-bond donors (Lipinski definition) is 1. The molecule has 0 spiro atoms. The lowest BCUT2D eigenvalue weighted by molar-refractivity contribution is -0.134. The lowest BCUT2D eigenvalue weighted by Gasteiger charge is -2.09. The van der Waals surface area contributed by atoms with E-state index >= 15 is 0 Å². The van der Waals surface area contributed by atoms with Gasteiger partial charge in [0.25, 0.3) is 0 Å². The van der Waals surface area contributed by atoms with Crippen LogP contribution >= 0.6 is 11.6 Å². The molecule has 0 fully saturated rings. The molecule has 0 saturated heterocycles. The van der Waals surface area contributed by atoms with Crippen LogP contribution in [0.5, 0.6) is 0 Å². The number of halogens is 1. The maximum atomic E-state index is 11.4. The van der Waals surface area contributed by atoms with Gasteiger partial charge in [-0.1, -0.05) is 60.1 Å². The molecule has 0 radical (unpaired) electrons. The number of hydrazone groups is 1. The van der Waals surface area contributed by atoms with Gasteiger partial charge in [0.1, 0.15) is 0 Å². The summed E-state index contributed by atoms with van der Waals surface area (Å²) in [6.45, 7) is 1.96. The van der Waals surface area contributed by atoms with Crippen molar-refractivity contribution < 1.29 is 9.53 Å². The number of ether oxygens (including phenoxy) is 1. The summed E-state index contributed by atoms with van der Waals surface area (Å²) in [6.07, 6.45) is 0. The first-order valence-corrected chi connectivity index (χ1v) is 6.91. The lowest BCUT2D eigenvalue weighted by Crippen LogP contribution is -2.13. The molecule has 2 rings (SSSR count). The highest BCUT2D eigenvalue weighted by Crippen LogP contribution is 2.27. The molecule has 1 N–H and O–H groups in total. The van der Waals surface area contributed by atoms with Crippen molar-refractivity contribution in [3.63, 3.8) is 0 Å². The number of carbonyl (C=O) groups is 1. The van der Waals surface area contributed by atoms with Gasteiger partial charge in [-0.3, -0.25) is 5.43 Å². The zero-order chi connectivity index (χ0) is 15.1. The highest BCUT2D eigenvalue weighted by molar-refractivity contribution is 6.82. The minimum atomic E-state index is -0.649. The van der Waals surface area contributed by atoms with Crippen molar-refractivity contribution in [3.8, 4) is 11.1 Å². The first-order chi connectivity index (χ1) is 10.2. The molecule has 0 amide bonds. The number of nitrogens with one attached hydrogen (secondary N) is 1. The van der Waals surface area contributed by atoms with Crippen molar-refractivity contribution in [2.24, 2.45) is 5.10 Å². The van der Waals surface area contributed by atoms with Crippen LogP contribution in [0, 0.1) is 0 Å². The zero-order valence-corrected chi connectivity index (χ0v) is 12.3. The monoisotopic (exact) mass is 302 g/mol. The fourth-order valence-corrected chi connectivity index (χ4v) is 1.89. The predicted octanol–water partition coefficient (Wildman–Crippen LogP) is 3.88. The topological polar surface area (TPSA) is 50.7 Å². The van der Waals surface area contributed by atoms with E-state index in [0.29, 0.717) is 0 Å². The Balaban J connectivity index is 2.22. The van der Waals surface area contributed by atoms with Crippen LogP contribution in [0.1, 0.15) is 6.92 Å². The van der Waals surface area contributed by atoms with E-state index in [1.165, 1.54) is 0 Å². The fourth-order valence-electron chi connectivity index (χ4n) is 1.80. The predicted molar refractivity (Wildman–Crippen MR) is 85.4 cm³/mol. The van der Waals surface area contributed by atoms with Crippen LogP contribution < -0.4 is 5.43 Å². The van der Waals surface area contributed by atoms with Gasteiger partial charge in [-0.2, -0.15) is 5.10 Å². The summed E-state index contributed by atoms with van der Waals surface area (Å²) < 4.78 is 4.77. The van der Waals surface area contributed by atoms with E-state index in [1.807, 2.05) is 54.6 Å². The average Bonchev–Trinajstić information content (AvgIpc) is 2.54. The molecular formula is C16H15ClN2O2. The average molecular weight is 303 g/mol. The zero-order valence-electron chi connectivity index (χ0n) is 11.5. The van der Waals surface area contributed by atoms with Gasteiger partial charge in [-0.05, 0) is 18.6 Å². The first-order valence-electron chi connectivity index (χ1n) is 6.53. The van der Waals surface area contributed by atoms with Gasteiger partial charge in [0.05, 0.1) is 12.3 Å². The number of para-hydroxylation sites is 1. The number of carbonyl (C=O) groups excluding carboxylic acids is 1. The third kappa shape index (κ3) is 4.07. The molecule has 0 atom stereocenters. The second-order valence-corrected chi connectivity index (χ2v) is 4.50. The van der Waals surface area contributed by atoms with Crippen LogP contribution in [-0.4, -0.2) is 17.7 Å². The molecule has 108 valence electrons. The Hall–Kier alpha value is -2.33. The van der Waals surface area contributed by atoms with E-state index in [2.05, 4.69) is 10.5 Å². The molecule has 0 unspecified atom stereocenters. The molecule has 0 aromatic heterocycles. The lowest BCUT2D eigenvalue weighted by atomic mass is 10.0. The van der Waals surface area contributed by atoms with E-state index < -0.39 is 5.97 Å². The van der Waals surface area contributed by atoms with Crippen LogP contribution in [0.3, 0.4) is 0 Å². The minimum Gasteiger partial charge on any atom is -0.461 e. The van der Waals surface area contributed by atoms with Gasteiger partial charge in [-0.25, -0.2) is 4.79 Å². The number of rotatable bonds is 5. The summed E-state index contributed by atoms with van der Waals surface area (Å²) in [7, 11) is 0. The maximum absolute atomic E-state index is 11.4. The fraction of sp³-hybridized carbons (Fsp3) is 0.125. The third-order valence-electron chi connectivity index (χ3n) is 2.73. The number of nitrogens with zero attached hydrogens (tertiary/aromatic N) is 1. The Bertz CT molecular complexity index is 642. The van der Waals surface area contributed by atoms with E-state index in [0.717, 1.165) is 16.8 Å². The van der Waals surface area contributed by atoms with E-state index in [1.54, 1.807) is 6.92 Å². The van der Waals surface area contributed by atoms with Gasteiger partial charge in [0.15, 0.2) is 0 Å². The molecule has 0 saturated carbocycles. The molecule has 21 heavy (non-hydrogen) atoms. The van der Waals surface area contributed by atoms with Gasteiger partial charge < -0.3 is 4.74 Å². The summed E-state index contributed by atoms with van der Waals surface area (Å²) in [5.41, 5.74) is 5.57. The van der Waals surface area contributed by atoms with Crippen LogP contribution in [0.4, 0.5) is 5.69 Å². The van der Waals surface area contributed by atoms with Crippen molar-refractivity contribution in [3.05, 3.63) is 54.6 Å². The molecule has 5 heteroatoms. The number of hydrogen-bond acceptors (Lipinski definition) is 4. The second kappa shape index (κ2) is 7.45. The number of anilines is 1. The van der Waals surface area contributed by atoms with Gasteiger partial charge >= 0.3 is 5.97 Å². The van der Waals surface area contributed by atoms with E-state index in [-0.39, 0.29) is 11.8 Å². The Kier molecular flexibility index (Phi) is 5.35. The molecule has 0 bridgehead atoms. The number of benzene rings is 2. The van der Waals surface area contributed by atoms with Crippen LogP contribution in [0.25, 0.3) is 11.1 Å². The van der Waals surface area contributed by atoms with Crippen molar-refractivity contribution in [2.75, 3.05) is 12.0 Å². The summed E-state index contributed by atoms with van der Waals surface area (Å²) in [5, 5.41) is 3.62. The van der Waals surface area contributed by atoms with Crippen molar-refractivity contribution in [2.45, 2.75) is 6.92 Å². The normalized spacial score (nSPS) is 11.0. The molecular weight excluding hydrogens is 288 g/mol. The van der Waals surface area contributed by atoms with Crippen molar-refractivity contribution >= 4 is 28.4 Å². The molecule has 0 aliphatic heterocycles. The standard InChI is InChI=1S/C16H15ClN2O2/c1-2-21-16(20)15(17)19-18-14-11-7-6-10-13(14)12-8-4-3-5-9-12/h3-11,18H,2H2,1H3/b19-15-. The number of esters is 1. The third-order valence-corrected chi connectivity index (χ3v) is 2.97. The summed E-state index contributed by atoms with van der Waals surface area (Å²) >= 11 is 5.77. The largest absolute Gasteiger partial charge is 0.461 e. The SMILES string of the molecule is CCOC(=O)/C(Cl)=N/Nc1ccccc1-c1ccccc1. The van der Waals surface area contributed by atoms with Crippen molar-refractivity contribution in [1.29, 1.82) is 0 Å². The first kappa shape index (κ1) is 15.1. The minimum absolute atomic E-state index is 0.236.